The molecule has 0 aromatic rings. The van der Waals surface area contributed by atoms with E-state index < -0.39 is 0 Å². The average molecular weight is 283 g/mol. The van der Waals surface area contributed by atoms with Gasteiger partial charge in [0.15, 0.2) is 0 Å². The minimum atomic E-state index is 0.829. The molecule has 0 aromatic carbocycles. The molecule has 0 unspecified atom stereocenters. The first-order valence-electron chi connectivity index (χ1n) is 2.74. The molecule has 0 aliphatic carbocycles. The summed E-state index contributed by atoms with van der Waals surface area (Å²) >= 11 is 1.50. The molecule has 0 bridgehead atoms. The third kappa shape index (κ3) is 2.16. The van der Waals surface area contributed by atoms with Crippen LogP contribution in [0.4, 0.5) is 0 Å². The van der Waals surface area contributed by atoms with E-state index in [-0.39, 0.29) is 0 Å². The van der Waals surface area contributed by atoms with E-state index in [2.05, 4.69) is 5.32 Å². The molecule has 3 heteroatoms. The van der Waals surface area contributed by atoms with Crippen molar-refractivity contribution in [2.24, 2.45) is 0 Å². The molecule has 1 N–H and O–H groups in total. The predicted octanol–water partition coefficient (Wildman–Crippen LogP) is -0.327. The van der Waals surface area contributed by atoms with E-state index in [0.717, 1.165) is 26.2 Å². The van der Waals surface area contributed by atoms with Crippen molar-refractivity contribution in [2.75, 3.05) is 19.8 Å². The van der Waals surface area contributed by atoms with E-state index in [9.17, 15) is 0 Å². The van der Waals surface area contributed by atoms with Gasteiger partial charge in [-0.3, -0.25) is 0 Å². The van der Waals surface area contributed by atoms with Gasteiger partial charge in [-0.2, -0.15) is 0 Å². The van der Waals surface area contributed by atoms with Crippen LogP contribution in [0.15, 0.2) is 0 Å². The average Bonchev–Trinajstić information content (AvgIpc) is 1.94. The predicted molar refractivity (Wildman–Crippen MR) is 28.4 cm³/mol. The second kappa shape index (κ2) is 3.49. The van der Waals surface area contributed by atoms with Crippen molar-refractivity contribution < 1.29 is 24.1 Å². The zero-order chi connectivity index (χ0) is 5.82. The molecule has 8 heavy (non-hydrogen) atoms. The molecule has 0 radical (unpaired) electrons. The SMILES string of the molecule is [W]=[C]1COCCCN1. The Hall–Kier alpha value is 0.478. The maximum atomic E-state index is 5.23. The van der Waals surface area contributed by atoms with Gasteiger partial charge in [0.1, 0.15) is 0 Å². The van der Waals surface area contributed by atoms with Gasteiger partial charge in [0.25, 0.3) is 0 Å². The third-order valence-corrected chi connectivity index (χ3v) is 1.96. The molecule has 1 aliphatic heterocycles. The first kappa shape index (κ1) is 6.60. The molecule has 1 aliphatic rings. The fourth-order valence-electron chi connectivity index (χ4n) is 0.618. The number of nitrogens with one attached hydrogen (secondary N) is 1. The Kier molecular flexibility index (Phi) is 2.88. The molecule has 1 heterocycles. The van der Waals surface area contributed by atoms with Gasteiger partial charge in [-0.25, -0.2) is 0 Å². The van der Waals surface area contributed by atoms with E-state index in [1.807, 2.05) is 0 Å². The summed E-state index contributed by atoms with van der Waals surface area (Å²) in [5.74, 6) is 0. The van der Waals surface area contributed by atoms with Crippen molar-refractivity contribution in [2.45, 2.75) is 6.42 Å². The first-order chi connectivity index (χ1) is 3.89. The van der Waals surface area contributed by atoms with Gasteiger partial charge in [0.05, 0.1) is 0 Å². The Morgan fingerprint density at radius 2 is 2.50 bits per heavy atom. The van der Waals surface area contributed by atoms with Gasteiger partial charge >= 0.3 is 59.6 Å². The minimum absolute atomic E-state index is 0.829. The molecule has 1 rings (SSSR count). The molecule has 2 nitrogen and oxygen atoms in total. The molecule has 0 aromatic heterocycles. The Bertz CT molecular complexity index is 84.4. The summed E-state index contributed by atoms with van der Waals surface area (Å²) in [6, 6.07) is 0. The van der Waals surface area contributed by atoms with Crippen LogP contribution >= 0.6 is 0 Å². The Morgan fingerprint density at radius 1 is 1.62 bits per heavy atom. The van der Waals surface area contributed by atoms with Crippen LogP contribution in [0, 0.1) is 0 Å². The van der Waals surface area contributed by atoms with Crippen LogP contribution in [0.3, 0.4) is 0 Å². The Labute approximate surface area is 60.0 Å². The van der Waals surface area contributed by atoms with Crippen molar-refractivity contribution in [1.29, 1.82) is 0 Å². The Balaban J connectivity index is 2.27. The van der Waals surface area contributed by atoms with E-state index in [1.54, 1.807) is 0 Å². The molecule has 1 fully saturated rings. The second-order valence-electron chi connectivity index (χ2n) is 1.76. The standard InChI is InChI=1S/C5H9NO.W/c1-2-6-3-5-7-4-1;/h6H,1-2,4-5H2;. The number of rotatable bonds is 0. The molecule has 1 saturated heterocycles. The zero-order valence-corrected chi connectivity index (χ0v) is 7.58. The van der Waals surface area contributed by atoms with Gasteiger partial charge in [-0.15, -0.1) is 0 Å². The van der Waals surface area contributed by atoms with Crippen molar-refractivity contribution in [3.05, 3.63) is 0 Å². The van der Waals surface area contributed by atoms with Crippen LogP contribution in [0.2, 0.25) is 0 Å². The van der Waals surface area contributed by atoms with E-state index >= 15 is 0 Å². The zero-order valence-electron chi connectivity index (χ0n) is 4.64. The van der Waals surface area contributed by atoms with Crippen molar-refractivity contribution in [3.8, 4) is 0 Å². The summed E-state index contributed by atoms with van der Waals surface area (Å²) in [5, 5.41) is 3.27. The quantitative estimate of drug-likeness (QED) is 0.657. The summed E-state index contributed by atoms with van der Waals surface area (Å²) < 4.78 is 6.56. The normalized spacial score (nSPS) is 22.8. The fraction of sp³-hybridized carbons (Fsp3) is 0.800. The molecular weight excluding hydrogens is 274 g/mol. The van der Waals surface area contributed by atoms with Crippen LogP contribution in [0.5, 0.6) is 0 Å². The van der Waals surface area contributed by atoms with Crippen LogP contribution in [-0.2, 0) is 24.1 Å². The van der Waals surface area contributed by atoms with Gasteiger partial charge in [-0.05, 0) is 0 Å². The van der Waals surface area contributed by atoms with Crippen LogP contribution < -0.4 is 5.32 Å². The number of hydrogen-bond donors (Lipinski definition) is 1. The van der Waals surface area contributed by atoms with Crippen molar-refractivity contribution >= 4 is 4.02 Å². The van der Waals surface area contributed by atoms with E-state index in [0.29, 0.717) is 0 Å². The van der Waals surface area contributed by atoms with E-state index in [1.165, 1.54) is 23.4 Å². The topological polar surface area (TPSA) is 21.3 Å². The molecule has 0 amide bonds. The summed E-state index contributed by atoms with van der Waals surface area (Å²) in [6.45, 7) is 2.85. The monoisotopic (exact) mass is 283 g/mol. The second-order valence-corrected chi connectivity index (χ2v) is 3.53. The van der Waals surface area contributed by atoms with Crippen molar-refractivity contribution in [1.82, 2.24) is 5.32 Å². The van der Waals surface area contributed by atoms with Gasteiger partial charge in [0.2, 0.25) is 0 Å². The van der Waals surface area contributed by atoms with E-state index in [4.69, 9.17) is 4.74 Å². The Morgan fingerprint density at radius 3 is 3.38 bits per heavy atom. The summed E-state index contributed by atoms with van der Waals surface area (Å²) in [7, 11) is 0. The van der Waals surface area contributed by atoms with Crippen LogP contribution in [-0.4, -0.2) is 23.8 Å². The third-order valence-electron chi connectivity index (χ3n) is 1.02. The van der Waals surface area contributed by atoms with Crippen LogP contribution in [0.1, 0.15) is 6.42 Å². The maximum absolute atomic E-state index is 5.23. The molecule has 46 valence electrons. The molecule has 0 spiro atoms. The fourth-order valence-corrected chi connectivity index (χ4v) is 1.28. The van der Waals surface area contributed by atoms with Gasteiger partial charge in [0, 0.05) is 0 Å². The number of hydrogen-bond acceptors (Lipinski definition) is 2. The summed E-state index contributed by atoms with van der Waals surface area (Å²) in [5.41, 5.74) is 0. The van der Waals surface area contributed by atoms with Gasteiger partial charge < -0.3 is 0 Å². The summed E-state index contributed by atoms with van der Waals surface area (Å²) in [6.07, 6.45) is 1.15. The van der Waals surface area contributed by atoms with Gasteiger partial charge in [-0.1, -0.05) is 0 Å². The number of ether oxygens (including phenoxy) is 1. The molecular formula is C5H9NOW. The first-order valence-corrected chi connectivity index (χ1v) is 4.21. The summed E-state index contributed by atoms with van der Waals surface area (Å²) in [4.78, 5) is 0. The van der Waals surface area contributed by atoms with Crippen molar-refractivity contribution in [3.63, 3.8) is 0 Å². The van der Waals surface area contributed by atoms with Crippen LogP contribution in [0.25, 0.3) is 0 Å². The molecule has 0 saturated carbocycles. The molecule has 0 atom stereocenters.